The molecule has 3 aromatic carbocycles. The van der Waals surface area contributed by atoms with E-state index in [0.29, 0.717) is 25.1 Å². The van der Waals surface area contributed by atoms with Crippen LogP contribution in [0.4, 0.5) is 5.69 Å². The van der Waals surface area contributed by atoms with Crippen LogP contribution in [0.15, 0.2) is 78.9 Å². The number of benzene rings is 3. The van der Waals surface area contributed by atoms with Gasteiger partial charge in [-0.1, -0.05) is 66.7 Å². The standard InChI is InChI=1S/C24H20N2O2/c27-22(19-11-5-4-10-18(19)17-8-2-1-3-9-17)26-15-14-24(16-26)20-12-6-7-13-21(20)25-23(24)28/h1-13H,14-16H2,(H,25,28). The quantitative estimate of drug-likeness (QED) is 0.741. The van der Waals surface area contributed by atoms with Gasteiger partial charge in [0, 0.05) is 24.3 Å². The minimum absolute atomic E-state index is 0.000319. The van der Waals surface area contributed by atoms with Crippen molar-refractivity contribution in [2.45, 2.75) is 11.8 Å². The molecule has 2 amide bonds. The Bertz CT molecular complexity index is 1080. The zero-order valence-corrected chi connectivity index (χ0v) is 15.4. The highest BCUT2D eigenvalue weighted by Gasteiger charge is 2.52. The lowest BCUT2D eigenvalue weighted by molar-refractivity contribution is -0.120. The van der Waals surface area contributed by atoms with Crippen molar-refractivity contribution in [3.63, 3.8) is 0 Å². The van der Waals surface area contributed by atoms with Gasteiger partial charge in [0.1, 0.15) is 0 Å². The zero-order chi connectivity index (χ0) is 19.1. The molecule has 2 aliphatic rings. The Labute approximate surface area is 163 Å². The van der Waals surface area contributed by atoms with Gasteiger partial charge in [-0.25, -0.2) is 0 Å². The molecule has 1 spiro atoms. The minimum Gasteiger partial charge on any atom is -0.337 e. The highest BCUT2D eigenvalue weighted by Crippen LogP contribution is 2.44. The van der Waals surface area contributed by atoms with Gasteiger partial charge in [-0.2, -0.15) is 0 Å². The van der Waals surface area contributed by atoms with E-state index in [2.05, 4.69) is 5.32 Å². The van der Waals surface area contributed by atoms with E-state index >= 15 is 0 Å². The smallest absolute Gasteiger partial charge is 0.254 e. The lowest BCUT2D eigenvalue weighted by atomic mass is 9.81. The van der Waals surface area contributed by atoms with Crippen LogP contribution in [-0.2, 0) is 10.2 Å². The van der Waals surface area contributed by atoms with E-state index in [9.17, 15) is 9.59 Å². The Morgan fingerprint density at radius 1 is 0.893 bits per heavy atom. The Morgan fingerprint density at radius 2 is 1.61 bits per heavy atom. The fourth-order valence-electron chi connectivity index (χ4n) is 4.47. The summed E-state index contributed by atoms with van der Waals surface area (Å²) in [6.07, 6.45) is 0.648. The number of nitrogens with one attached hydrogen (secondary N) is 1. The Morgan fingerprint density at radius 3 is 2.46 bits per heavy atom. The molecule has 1 fully saturated rings. The summed E-state index contributed by atoms with van der Waals surface area (Å²) < 4.78 is 0. The molecule has 0 radical (unpaired) electrons. The van der Waals surface area contributed by atoms with Crippen molar-refractivity contribution >= 4 is 17.5 Å². The molecule has 138 valence electrons. The topological polar surface area (TPSA) is 49.4 Å². The zero-order valence-electron chi connectivity index (χ0n) is 15.4. The van der Waals surface area contributed by atoms with Crippen molar-refractivity contribution in [1.29, 1.82) is 0 Å². The summed E-state index contributed by atoms with van der Waals surface area (Å²) >= 11 is 0. The molecule has 5 rings (SSSR count). The van der Waals surface area contributed by atoms with Crippen LogP contribution >= 0.6 is 0 Å². The molecule has 0 saturated carbocycles. The third kappa shape index (κ3) is 2.45. The molecule has 1 atom stereocenters. The second-order valence-corrected chi connectivity index (χ2v) is 7.47. The maximum atomic E-state index is 13.4. The van der Waals surface area contributed by atoms with Crippen LogP contribution in [0, 0.1) is 0 Å². The lowest BCUT2D eigenvalue weighted by Crippen LogP contribution is -2.39. The Balaban J connectivity index is 1.49. The molecular weight excluding hydrogens is 348 g/mol. The van der Waals surface area contributed by atoms with Gasteiger partial charge in [0.15, 0.2) is 0 Å². The summed E-state index contributed by atoms with van der Waals surface area (Å²) in [6.45, 7) is 0.988. The van der Waals surface area contributed by atoms with E-state index in [0.717, 1.165) is 22.4 Å². The van der Waals surface area contributed by atoms with Gasteiger partial charge >= 0.3 is 0 Å². The molecule has 28 heavy (non-hydrogen) atoms. The van der Waals surface area contributed by atoms with E-state index in [1.165, 1.54) is 0 Å². The van der Waals surface area contributed by atoms with Crippen molar-refractivity contribution in [3.05, 3.63) is 90.0 Å². The van der Waals surface area contributed by atoms with Gasteiger partial charge in [0.2, 0.25) is 5.91 Å². The Kier molecular flexibility index (Phi) is 3.79. The number of para-hydroxylation sites is 1. The molecular formula is C24H20N2O2. The molecule has 4 heteroatoms. The predicted octanol–water partition coefficient (Wildman–Crippen LogP) is 4.09. The molecule has 2 aliphatic heterocycles. The van der Waals surface area contributed by atoms with Crippen molar-refractivity contribution in [1.82, 2.24) is 4.90 Å². The first-order valence-electron chi connectivity index (χ1n) is 9.54. The van der Waals surface area contributed by atoms with E-state index in [4.69, 9.17) is 0 Å². The van der Waals surface area contributed by atoms with Gasteiger partial charge in [0.05, 0.1) is 5.41 Å². The molecule has 2 heterocycles. The van der Waals surface area contributed by atoms with E-state index < -0.39 is 5.41 Å². The number of rotatable bonds is 2. The van der Waals surface area contributed by atoms with Gasteiger partial charge in [-0.05, 0) is 35.2 Å². The number of hydrogen-bond donors (Lipinski definition) is 1. The number of carbonyl (C=O) groups excluding carboxylic acids is 2. The normalized spacial score (nSPS) is 20.3. The number of carbonyl (C=O) groups is 2. The second kappa shape index (κ2) is 6.34. The predicted molar refractivity (Wildman–Crippen MR) is 109 cm³/mol. The lowest BCUT2D eigenvalue weighted by Gasteiger charge is -2.23. The van der Waals surface area contributed by atoms with Crippen LogP contribution in [0.3, 0.4) is 0 Å². The van der Waals surface area contributed by atoms with Crippen LogP contribution in [0.2, 0.25) is 0 Å². The largest absolute Gasteiger partial charge is 0.337 e. The number of hydrogen-bond acceptors (Lipinski definition) is 2. The third-order valence-electron chi connectivity index (χ3n) is 5.92. The highest BCUT2D eigenvalue weighted by atomic mass is 16.2. The summed E-state index contributed by atoms with van der Waals surface area (Å²) in [6, 6.07) is 25.4. The van der Waals surface area contributed by atoms with Gasteiger partial charge in [-0.3, -0.25) is 9.59 Å². The van der Waals surface area contributed by atoms with Crippen LogP contribution in [-0.4, -0.2) is 29.8 Å². The van der Waals surface area contributed by atoms with E-state index in [1.807, 2.05) is 83.8 Å². The summed E-state index contributed by atoms with van der Waals surface area (Å²) in [5.41, 5.74) is 3.86. The molecule has 3 aromatic rings. The maximum Gasteiger partial charge on any atom is 0.254 e. The molecule has 4 nitrogen and oxygen atoms in total. The Hall–Kier alpha value is -3.40. The van der Waals surface area contributed by atoms with Crippen molar-refractivity contribution in [2.24, 2.45) is 0 Å². The third-order valence-corrected chi connectivity index (χ3v) is 5.92. The molecule has 1 N–H and O–H groups in total. The average Bonchev–Trinajstić information content (AvgIpc) is 3.31. The highest BCUT2D eigenvalue weighted by molar-refractivity contribution is 6.08. The first kappa shape index (κ1) is 16.8. The maximum absolute atomic E-state index is 13.4. The fourth-order valence-corrected chi connectivity index (χ4v) is 4.47. The monoisotopic (exact) mass is 368 g/mol. The summed E-state index contributed by atoms with van der Waals surface area (Å²) in [4.78, 5) is 28.0. The van der Waals surface area contributed by atoms with Crippen molar-refractivity contribution in [2.75, 3.05) is 18.4 Å². The van der Waals surface area contributed by atoms with Crippen molar-refractivity contribution < 1.29 is 9.59 Å². The number of fused-ring (bicyclic) bond motifs is 2. The summed E-state index contributed by atoms with van der Waals surface area (Å²) in [5.74, 6) is -0.0196. The van der Waals surface area contributed by atoms with Crippen LogP contribution < -0.4 is 5.32 Å². The number of anilines is 1. The van der Waals surface area contributed by atoms with E-state index in [-0.39, 0.29) is 11.8 Å². The fraction of sp³-hybridized carbons (Fsp3) is 0.167. The number of nitrogens with zero attached hydrogens (tertiary/aromatic N) is 1. The molecule has 1 saturated heterocycles. The number of amides is 2. The average molecular weight is 368 g/mol. The van der Waals surface area contributed by atoms with Gasteiger partial charge in [-0.15, -0.1) is 0 Å². The molecule has 0 bridgehead atoms. The van der Waals surface area contributed by atoms with Crippen LogP contribution in [0.1, 0.15) is 22.3 Å². The van der Waals surface area contributed by atoms with Gasteiger partial charge < -0.3 is 10.2 Å². The first-order chi connectivity index (χ1) is 13.7. The summed E-state index contributed by atoms with van der Waals surface area (Å²) in [7, 11) is 0. The second-order valence-electron chi connectivity index (χ2n) is 7.47. The molecule has 0 aliphatic carbocycles. The van der Waals surface area contributed by atoms with Gasteiger partial charge in [0.25, 0.3) is 5.91 Å². The van der Waals surface area contributed by atoms with Crippen LogP contribution in [0.25, 0.3) is 11.1 Å². The minimum atomic E-state index is -0.631. The van der Waals surface area contributed by atoms with Crippen molar-refractivity contribution in [3.8, 4) is 11.1 Å². The van der Waals surface area contributed by atoms with E-state index in [1.54, 1.807) is 0 Å². The SMILES string of the molecule is O=C(c1ccccc1-c1ccccc1)N1CCC2(C1)C(=O)Nc1ccccc12. The first-order valence-corrected chi connectivity index (χ1v) is 9.54. The summed E-state index contributed by atoms with van der Waals surface area (Å²) in [5, 5.41) is 2.99. The van der Waals surface area contributed by atoms with Crippen LogP contribution in [0.5, 0.6) is 0 Å². The molecule has 0 aromatic heterocycles. The molecule has 1 unspecified atom stereocenters. The number of likely N-dealkylation sites (tertiary alicyclic amines) is 1.